The summed E-state index contributed by atoms with van der Waals surface area (Å²) in [6.45, 7) is 6.39. The molecule has 0 saturated carbocycles. The molecule has 0 aromatic carbocycles. The normalized spacial score (nSPS) is 12.8. The number of unbranched alkanes of at least 4 members (excludes halogenated alkanes) is 28. The molecule has 0 radical (unpaired) electrons. The van der Waals surface area contributed by atoms with Crippen LogP contribution in [0.2, 0.25) is 0 Å². The summed E-state index contributed by atoms with van der Waals surface area (Å²) in [7, 11) is 0. The molecule has 0 fully saturated rings. The van der Waals surface area contributed by atoms with Gasteiger partial charge in [-0.05, 0) is 96.3 Å². The molecule has 0 amide bonds. The number of hydrogen-bond acceptors (Lipinski definition) is 6. The van der Waals surface area contributed by atoms with Crippen molar-refractivity contribution >= 4 is 17.9 Å². The Morgan fingerprint density at radius 1 is 0.276 bits per heavy atom. The average molecular weight is 1060 g/mol. The zero-order valence-electron chi connectivity index (χ0n) is 49.7. The molecule has 0 saturated heterocycles. The molecule has 0 aliphatic carbocycles. The fourth-order valence-corrected chi connectivity index (χ4v) is 8.82. The Balaban J connectivity index is 4.43. The monoisotopic (exact) mass is 1050 g/mol. The molecule has 0 bridgehead atoms. The molecule has 76 heavy (non-hydrogen) atoms. The minimum atomic E-state index is -0.804. The van der Waals surface area contributed by atoms with E-state index in [1.807, 2.05) is 0 Å². The molecule has 0 aliphatic heterocycles. The van der Waals surface area contributed by atoms with Gasteiger partial charge in [0.05, 0.1) is 0 Å². The lowest BCUT2D eigenvalue weighted by molar-refractivity contribution is -0.167. The number of allylic oxidation sites excluding steroid dienone is 18. The maximum Gasteiger partial charge on any atom is 0.306 e. The topological polar surface area (TPSA) is 78.9 Å². The van der Waals surface area contributed by atoms with Crippen molar-refractivity contribution in [3.05, 3.63) is 109 Å². The van der Waals surface area contributed by atoms with Crippen molar-refractivity contribution in [2.24, 2.45) is 0 Å². The van der Waals surface area contributed by atoms with Crippen LogP contribution in [0.25, 0.3) is 0 Å². The molecule has 6 nitrogen and oxygen atoms in total. The molecule has 0 aromatic heterocycles. The predicted octanol–water partition coefficient (Wildman–Crippen LogP) is 21.8. The van der Waals surface area contributed by atoms with Gasteiger partial charge in [0.25, 0.3) is 0 Å². The third-order valence-electron chi connectivity index (χ3n) is 13.5. The van der Waals surface area contributed by atoms with Crippen LogP contribution in [-0.2, 0) is 28.6 Å². The van der Waals surface area contributed by atoms with E-state index in [0.717, 1.165) is 103 Å². The molecule has 0 aromatic rings. The van der Waals surface area contributed by atoms with Gasteiger partial charge in [-0.25, -0.2) is 0 Å². The van der Waals surface area contributed by atoms with E-state index >= 15 is 0 Å². The van der Waals surface area contributed by atoms with Crippen molar-refractivity contribution in [3.8, 4) is 0 Å². The number of rotatable bonds is 57. The summed E-state index contributed by atoms with van der Waals surface area (Å²) < 4.78 is 16.9. The first-order valence-corrected chi connectivity index (χ1v) is 31.9. The molecule has 6 heteroatoms. The summed E-state index contributed by atoms with van der Waals surface area (Å²) in [5.74, 6) is -0.951. The Hall–Kier alpha value is -3.93. The van der Waals surface area contributed by atoms with Gasteiger partial charge in [-0.3, -0.25) is 14.4 Å². The first kappa shape index (κ1) is 72.1. The van der Waals surface area contributed by atoms with Gasteiger partial charge in [0, 0.05) is 19.3 Å². The van der Waals surface area contributed by atoms with Crippen LogP contribution in [0, 0.1) is 0 Å². The van der Waals surface area contributed by atoms with E-state index in [0.29, 0.717) is 19.3 Å². The van der Waals surface area contributed by atoms with Gasteiger partial charge in [0.2, 0.25) is 0 Å². The summed E-state index contributed by atoms with van der Waals surface area (Å²) in [6.07, 6.45) is 86.7. The van der Waals surface area contributed by atoms with E-state index in [-0.39, 0.29) is 37.5 Å². The summed E-state index contributed by atoms with van der Waals surface area (Å²) >= 11 is 0. The molecular formula is C70H118O6. The van der Waals surface area contributed by atoms with E-state index < -0.39 is 6.10 Å². The highest BCUT2D eigenvalue weighted by Gasteiger charge is 2.19. The Bertz CT molecular complexity index is 1540. The number of carbonyl (C=O) groups is 3. The minimum absolute atomic E-state index is 0.0968. The second kappa shape index (κ2) is 63.6. The van der Waals surface area contributed by atoms with Gasteiger partial charge in [-0.15, -0.1) is 0 Å². The Kier molecular flexibility index (Phi) is 60.3. The van der Waals surface area contributed by atoms with Crippen LogP contribution >= 0.6 is 0 Å². The van der Waals surface area contributed by atoms with Crippen LogP contribution in [0.15, 0.2) is 109 Å². The van der Waals surface area contributed by atoms with Crippen LogP contribution in [0.5, 0.6) is 0 Å². The molecule has 434 valence electrons. The minimum Gasteiger partial charge on any atom is -0.462 e. The van der Waals surface area contributed by atoms with Gasteiger partial charge in [0.1, 0.15) is 13.2 Å². The van der Waals surface area contributed by atoms with E-state index in [9.17, 15) is 14.4 Å². The van der Waals surface area contributed by atoms with Crippen molar-refractivity contribution < 1.29 is 28.6 Å². The zero-order chi connectivity index (χ0) is 55.0. The highest BCUT2D eigenvalue weighted by atomic mass is 16.6. The average Bonchev–Trinajstić information content (AvgIpc) is 3.42. The lowest BCUT2D eigenvalue weighted by atomic mass is 10.0. The zero-order valence-corrected chi connectivity index (χ0v) is 49.7. The second-order valence-electron chi connectivity index (χ2n) is 20.9. The van der Waals surface area contributed by atoms with Crippen molar-refractivity contribution in [1.82, 2.24) is 0 Å². The number of esters is 3. The van der Waals surface area contributed by atoms with Crippen LogP contribution in [0.4, 0.5) is 0 Å². The van der Waals surface area contributed by atoms with E-state index in [1.165, 1.54) is 148 Å². The molecule has 0 N–H and O–H groups in total. The molecule has 0 heterocycles. The van der Waals surface area contributed by atoms with Crippen LogP contribution in [0.3, 0.4) is 0 Å². The lowest BCUT2D eigenvalue weighted by Gasteiger charge is -2.18. The third-order valence-corrected chi connectivity index (χ3v) is 13.5. The van der Waals surface area contributed by atoms with Crippen LogP contribution in [-0.4, -0.2) is 37.2 Å². The lowest BCUT2D eigenvalue weighted by Crippen LogP contribution is -2.30. The number of hydrogen-bond donors (Lipinski definition) is 0. The van der Waals surface area contributed by atoms with Crippen molar-refractivity contribution in [2.75, 3.05) is 13.2 Å². The molecule has 0 spiro atoms. The fourth-order valence-electron chi connectivity index (χ4n) is 8.82. The maximum absolute atomic E-state index is 12.9. The predicted molar refractivity (Wildman–Crippen MR) is 330 cm³/mol. The Morgan fingerprint density at radius 3 is 0.855 bits per heavy atom. The van der Waals surface area contributed by atoms with Gasteiger partial charge >= 0.3 is 17.9 Å². The van der Waals surface area contributed by atoms with Gasteiger partial charge in [0.15, 0.2) is 6.10 Å². The molecular weight excluding hydrogens is 937 g/mol. The fraction of sp³-hybridized carbons (Fsp3) is 0.700. The summed E-state index contributed by atoms with van der Waals surface area (Å²) in [4.78, 5) is 38.3. The van der Waals surface area contributed by atoms with Gasteiger partial charge < -0.3 is 14.2 Å². The second-order valence-corrected chi connectivity index (χ2v) is 20.9. The highest BCUT2D eigenvalue weighted by Crippen LogP contribution is 2.17. The van der Waals surface area contributed by atoms with Gasteiger partial charge in [-0.1, -0.05) is 291 Å². The first-order chi connectivity index (χ1) is 37.5. The summed E-state index contributed by atoms with van der Waals surface area (Å²) in [6, 6.07) is 0. The largest absolute Gasteiger partial charge is 0.462 e. The molecule has 1 unspecified atom stereocenters. The van der Waals surface area contributed by atoms with Crippen molar-refractivity contribution in [3.63, 3.8) is 0 Å². The van der Waals surface area contributed by atoms with E-state index in [2.05, 4.69) is 130 Å². The quantitative estimate of drug-likeness (QED) is 0.0261. The Labute approximate surface area is 470 Å². The number of ether oxygens (including phenoxy) is 3. The molecule has 0 rings (SSSR count). The highest BCUT2D eigenvalue weighted by molar-refractivity contribution is 5.71. The molecule has 0 aliphatic rings. The number of carbonyl (C=O) groups excluding carboxylic acids is 3. The third kappa shape index (κ3) is 60.9. The summed E-state index contributed by atoms with van der Waals surface area (Å²) in [5.41, 5.74) is 0. The molecule has 1 atom stereocenters. The van der Waals surface area contributed by atoms with Crippen LogP contribution < -0.4 is 0 Å². The maximum atomic E-state index is 12.9. The van der Waals surface area contributed by atoms with E-state index in [1.54, 1.807) is 0 Å². The SMILES string of the molecule is CC/C=C\C/C=C\C/C=C\C/C=C\C/C=C\CCCC(=O)OCC(COC(=O)CCCCCCCCCCCC/C=C\C/C=C\C/C=C\C/C=C\CC)OC(=O)CCCCCCCCCCCCCCCCCCCC. The van der Waals surface area contributed by atoms with Crippen molar-refractivity contribution in [1.29, 1.82) is 0 Å². The summed E-state index contributed by atoms with van der Waals surface area (Å²) in [5, 5.41) is 0. The standard InChI is InChI=1S/C70H118O6/c1-4-7-10-13-16-19-22-25-28-31-33-34-35-36-37-40-42-45-48-51-54-57-60-63-69(72)75-66-67(65-74-68(71)62-59-56-53-50-47-44-41-38-30-27-24-21-18-15-12-9-6-3)76-70(73)64-61-58-55-52-49-46-43-39-32-29-26-23-20-17-14-11-8-5-2/h7,9-10,12,16,18-19,21,25,27-28,30,33-34,41,44,50,53,67H,4-6,8,11,13-15,17,20,22-24,26,29,31-32,35-40,42-43,45-49,51-52,54-66H2,1-3H3/b10-7-,12-9-,19-16-,21-18-,28-25-,30-27-,34-33-,44-41-,53-50-. The van der Waals surface area contributed by atoms with Crippen LogP contribution in [0.1, 0.15) is 297 Å². The first-order valence-electron chi connectivity index (χ1n) is 31.9. The van der Waals surface area contributed by atoms with Gasteiger partial charge in [-0.2, -0.15) is 0 Å². The Morgan fingerprint density at radius 2 is 0.526 bits per heavy atom. The van der Waals surface area contributed by atoms with Crippen molar-refractivity contribution in [2.45, 2.75) is 303 Å². The van der Waals surface area contributed by atoms with E-state index in [4.69, 9.17) is 14.2 Å². The smallest absolute Gasteiger partial charge is 0.306 e.